The summed E-state index contributed by atoms with van der Waals surface area (Å²) < 4.78 is 1.34. The summed E-state index contributed by atoms with van der Waals surface area (Å²) in [6, 6.07) is 17.9. The molecule has 11 nitrogen and oxygen atoms in total. The summed E-state index contributed by atoms with van der Waals surface area (Å²) in [6.07, 6.45) is 1.59. The van der Waals surface area contributed by atoms with Gasteiger partial charge in [-0.25, -0.2) is 9.78 Å². The lowest BCUT2D eigenvalue weighted by Gasteiger charge is -2.14. The predicted octanol–water partition coefficient (Wildman–Crippen LogP) is 4.11. The number of amides is 1. The Kier molecular flexibility index (Phi) is 6.00. The molecule has 2 aromatic heterocycles. The number of aromatic nitrogens is 4. The predicted molar refractivity (Wildman–Crippen MR) is 141 cm³/mol. The second kappa shape index (κ2) is 9.33. The van der Waals surface area contributed by atoms with E-state index in [1.807, 2.05) is 19.1 Å². The first-order chi connectivity index (χ1) is 18.2. The molecular weight excluding hydrogens is 484 g/mol. The van der Waals surface area contributed by atoms with Gasteiger partial charge in [0.2, 0.25) is 5.95 Å². The Morgan fingerprint density at radius 3 is 2.58 bits per heavy atom. The summed E-state index contributed by atoms with van der Waals surface area (Å²) in [7, 11) is 0. The van der Waals surface area contributed by atoms with E-state index in [4.69, 9.17) is 5.73 Å². The third-order valence-corrected chi connectivity index (χ3v) is 6.40. The first kappa shape index (κ1) is 24.5. The number of hydrogen-bond acceptors (Lipinski definition) is 8. The Labute approximate surface area is 218 Å². The van der Waals surface area contributed by atoms with Crippen LogP contribution in [0.4, 0.5) is 23.1 Å². The molecule has 0 radical (unpaired) electrons. The van der Waals surface area contributed by atoms with Crippen LogP contribution in [0.25, 0.3) is 5.82 Å². The molecule has 0 unspecified atom stereocenters. The number of nitriles is 1. The van der Waals surface area contributed by atoms with Crippen LogP contribution in [0.3, 0.4) is 0 Å². The van der Waals surface area contributed by atoms with E-state index < -0.39 is 11.4 Å². The van der Waals surface area contributed by atoms with Crippen LogP contribution in [-0.4, -0.2) is 36.7 Å². The summed E-state index contributed by atoms with van der Waals surface area (Å²) in [6.45, 7) is 3.62. The molecule has 0 aliphatic heterocycles. The lowest BCUT2D eigenvalue weighted by molar-refractivity contribution is 0.0689. The van der Waals surface area contributed by atoms with Crippen LogP contribution in [0.2, 0.25) is 0 Å². The number of nitrogens with two attached hydrogens (primary N) is 1. The molecule has 1 saturated carbocycles. The van der Waals surface area contributed by atoms with Crippen molar-refractivity contribution in [3.8, 4) is 11.9 Å². The highest BCUT2D eigenvalue weighted by Crippen LogP contribution is 2.47. The van der Waals surface area contributed by atoms with Crippen molar-refractivity contribution in [1.82, 2.24) is 19.7 Å². The minimum atomic E-state index is -1.20. The number of nitrogens with zero attached hydrogens (tertiary/aromatic N) is 5. The summed E-state index contributed by atoms with van der Waals surface area (Å²) in [5.74, 6) is -0.829. The molecule has 5 rings (SSSR count). The number of carbonyl (C=O) groups is 2. The number of aryl methyl sites for hydroxylation is 2. The SMILES string of the molecule is Cc1cc(-n2nc(C(=O)O)cc2Nc2cc(NC(=O)c3cccc(C4(C#N)CC4)c3)ccc2C)nc(N)n1. The van der Waals surface area contributed by atoms with Gasteiger partial charge in [0, 0.05) is 34.8 Å². The zero-order valence-electron chi connectivity index (χ0n) is 20.7. The number of carboxylic acids is 1. The molecular formula is C27H24N8O3. The lowest BCUT2D eigenvalue weighted by Crippen LogP contribution is -2.14. The number of nitrogen functional groups attached to an aromatic ring is 1. The normalized spacial score (nSPS) is 13.4. The van der Waals surface area contributed by atoms with Crippen molar-refractivity contribution in [1.29, 1.82) is 5.26 Å². The van der Waals surface area contributed by atoms with E-state index in [1.165, 1.54) is 10.7 Å². The van der Waals surface area contributed by atoms with Crippen molar-refractivity contribution in [3.63, 3.8) is 0 Å². The largest absolute Gasteiger partial charge is 0.476 e. The van der Waals surface area contributed by atoms with Crippen LogP contribution >= 0.6 is 0 Å². The number of benzene rings is 2. The monoisotopic (exact) mass is 508 g/mol. The summed E-state index contributed by atoms with van der Waals surface area (Å²) in [5.41, 5.74) is 9.02. The lowest BCUT2D eigenvalue weighted by atomic mass is 9.96. The number of carboxylic acid groups (broad SMARTS) is 1. The van der Waals surface area contributed by atoms with Crippen molar-refractivity contribution in [2.24, 2.45) is 0 Å². The number of anilines is 4. The third-order valence-electron chi connectivity index (χ3n) is 6.40. The van der Waals surface area contributed by atoms with Gasteiger partial charge in [0.05, 0.1) is 11.5 Å². The average molecular weight is 509 g/mol. The molecule has 2 heterocycles. The van der Waals surface area contributed by atoms with E-state index in [9.17, 15) is 20.0 Å². The van der Waals surface area contributed by atoms with Crippen molar-refractivity contribution in [3.05, 3.63) is 82.7 Å². The summed E-state index contributed by atoms with van der Waals surface area (Å²) in [5, 5.41) is 29.3. The van der Waals surface area contributed by atoms with Crippen LogP contribution < -0.4 is 16.4 Å². The zero-order valence-corrected chi connectivity index (χ0v) is 20.7. The van der Waals surface area contributed by atoms with Crippen molar-refractivity contribution < 1.29 is 14.7 Å². The minimum Gasteiger partial charge on any atom is -0.476 e. The first-order valence-electron chi connectivity index (χ1n) is 11.8. The number of aromatic carboxylic acids is 1. The number of rotatable bonds is 7. The van der Waals surface area contributed by atoms with Gasteiger partial charge in [-0.3, -0.25) is 4.79 Å². The minimum absolute atomic E-state index is 0.0330. The van der Waals surface area contributed by atoms with Crippen LogP contribution in [0.1, 0.15) is 50.5 Å². The summed E-state index contributed by atoms with van der Waals surface area (Å²) >= 11 is 0. The quantitative estimate of drug-likeness (QED) is 0.286. The molecule has 1 amide bonds. The van der Waals surface area contributed by atoms with E-state index >= 15 is 0 Å². The maximum atomic E-state index is 13.0. The molecule has 38 heavy (non-hydrogen) atoms. The van der Waals surface area contributed by atoms with Gasteiger partial charge in [-0.2, -0.15) is 20.0 Å². The molecule has 1 aliphatic carbocycles. The number of carbonyl (C=O) groups excluding carboxylic acids is 1. The van der Waals surface area contributed by atoms with Crippen molar-refractivity contribution >= 4 is 35.0 Å². The molecule has 11 heteroatoms. The number of hydrogen-bond donors (Lipinski definition) is 4. The highest BCUT2D eigenvalue weighted by Gasteiger charge is 2.45. The fourth-order valence-electron chi connectivity index (χ4n) is 4.16. The maximum absolute atomic E-state index is 13.0. The second-order valence-electron chi connectivity index (χ2n) is 9.24. The van der Waals surface area contributed by atoms with E-state index in [1.54, 1.807) is 43.3 Å². The van der Waals surface area contributed by atoms with Gasteiger partial charge < -0.3 is 21.5 Å². The van der Waals surface area contributed by atoms with Crippen LogP contribution in [0.5, 0.6) is 0 Å². The van der Waals surface area contributed by atoms with E-state index in [0.29, 0.717) is 34.3 Å². The van der Waals surface area contributed by atoms with E-state index in [-0.39, 0.29) is 17.5 Å². The van der Waals surface area contributed by atoms with E-state index in [0.717, 1.165) is 24.0 Å². The van der Waals surface area contributed by atoms with Crippen LogP contribution in [-0.2, 0) is 5.41 Å². The van der Waals surface area contributed by atoms with Gasteiger partial charge >= 0.3 is 5.97 Å². The molecule has 5 N–H and O–H groups in total. The van der Waals surface area contributed by atoms with Crippen molar-refractivity contribution in [2.45, 2.75) is 32.1 Å². The Morgan fingerprint density at radius 2 is 1.89 bits per heavy atom. The van der Waals surface area contributed by atoms with Gasteiger partial charge in [-0.15, -0.1) is 0 Å². The third kappa shape index (κ3) is 4.75. The van der Waals surface area contributed by atoms with Crippen LogP contribution in [0, 0.1) is 25.2 Å². The van der Waals surface area contributed by atoms with Crippen molar-refractivity contribution in [2.75, 3.05) is 16.4 Å². The van der Waals surface area contributed by atoms with Gasteiger partial charge in [-0.1, -0.05) is 18.2 Å². The Morgan fingerprint density at radius 1 is 1.11 bits per heavy atom. The van der Waals surface area contributed by atoms with E-state index in [2.05, 4.69) is 31.8 Å². The molecule has 0 saturated heterocycles. The molecule has 4 aromatic rings. The molecule has 190 valence electrons. The highest BCUT2D eigenvalue weighted by atomic mass is 16.4. The van der Waals surface area contributed by atoms with Crippen LogP contribution in [0.15, 0.2) is 54.6 Å². The Bertz CT molecular complexity index is 1610. The topological polar surface area (TPSA) is 172 Å². The average Bonchev–Trinajstić information content (AvgIpc) is 3.58. The molecule has 1 fully saturated rings. The fourth-order valence-corrected chi connectivity index (χ4v) is 4.16. The Hall–Kier alpha value is -5.24. The first-order valence-corrected chi connectivity index (χ1v) is 11.8. The van der Waals surface area contributed by atoms with Gasteiger partial charge in [0.25, 0.3) is 5.91 Å². The van der Waals surface area contributed by atoms with Gasteiger partial charge in [0.1, 0.15) is 5.82 Å². The molecule has 2 aromatic carbocycles. The molecule has 0 atom stereocenters. The molecule has 1 aliphatic rings. The van der Waals surface area contributed by atoms with Gasteiger partial charge in [-0.05, 0) is 62.1 Å². The number of nitrogens with one attached hydrogen (secondary N) is 2. The zero-order chi connectivity index (χ0) is 27.0. The highest BCUT2D eigenvalue weighted by molar-refractivity contribution is 6.04. The summed E-state index contributed by atoms with van der Waals surface area (Å²) in [4.78, 5) is 32.9. The second-order valence-corrected chi connectivity index (χ2v) is 9.24. The maximum Gasteiger partial charge on any atom is 0.356 e. The molecule has 0 spiro atoms. The van der Waals surface area contributed by atoms with Gasteiger partial charge in [0.15, 0.2) is 11.5 Å². The fraction of sp³-hybridized carbons (Fsp3) is 0.185. The molecule has 0 bridgehead atoms. The Balaban J connectivity index is 1.43. The standard InChI is InChI=1S/C27H24N8O3/c1-15-6-7-19(31-24(36)17-4-3-5-18(11-17)27(14-28)8-9-27)12-20(15)32-23-13-21(25(37)38)34-35(23)22-10-16(2)30-26(29)33-22/h3-7,10-13,32H,8-9H2,1-2H3,(H,31,36)(H,37,38)(H2,29,30,33). The smallest absolute Gasteiger partial charge is 0.356 e.